The molecule has 0 saturated heterocycles. The van der Waals surface area contributed by atoms with Gasteiger partial charge in [-0.3, -0.25) is 18.9 Å². The number of carbonyl (C=O) groups excluding carboxylic acids is 3. The van der Waals surface area contributed by atoms with Crippen LogP contribution >= 0.6 is 7.82 Å². The zero-order valence-electron chi connectivity index (χ0n) is 37.4. The zero-order chi connectivity index (χ0) is 43.4. The summed E-state index contributed by atoms with van der Waals surface area (Å²) in [5, 5.41) is 10.2. The van der Waals surface area contributed by atoms with E-state index in [9.17, 15) is 24.1 Å². The average Bonchev–Trinajstić information content (AvgIpc) is 3.56. The number of phosphoric acid groups is 1. The van der Waals surface area contributed by atoms with Gasteiger partial charge in [-0.15, -0.1) is 0 Å². The quantitative estimate of drug-likeness (QED) is 0.0235. The van der Waals surface area contributed by atoms with Gasteiger partial charge in [-0.05, 0) is 50.0 Å². The van der Waals surface area contributed by atoms with E-state index >= 15 is 0 Å². The lowest BCUT2D eigenvalue weighted by atomic mass is 9.90. The van der Waals surface area contributed by atoms with Gasteiger partial charge in [0.15, 0.2) is 11.9 Å². The van der Waals surface area contributed by atoms with Gasteiger partial charge in [0.05, 0.1) is 12.7 Å². The van der Waals surface area contributed by atoms with Crippen LogP contribution in [0, 0.1) is 17.8 Å². The Bertz CT molecular complexity index is 1210. The Labute approximate surface area is 359 Å². The highest BCUT2D eigenvalue weighted by atomic mass is 31.2. The predicted octanol–water partition coefficient (Wildman–Crippen LogP) is 12.4. The molecule has 0 spiro atoms. The normalized spacial score (nSPS) is 17.3. The van der Waals surface area contributed by atoms with E-state index in [1.54, 1.807) is 12.2 Å². The summed E-state index contributed by atoms with van der Waals surface area (Å²) in [6, 6.07) is 0. The van der Waals surface area contributed by atoms with Gasteiger partial charge >= 0.3 is 19.8 Å². The summed E-state index contributed by atoms with van der Waals surface area (Å²) in [6.45, 7) is 5.83. The zero-order valence-corrected chi connectivity index (χ0v) is 38.3. The molecule has 0 aliphatic heterocycles. The summed E-state index contributed by atoms with van der Waals surface area (Å²) in [4.78, 5) is 55.5. The van der Waals surface area contributed by atoms with E-state index in [1.807, 2.05) is 24.3 Å². The maximum Gasteiger partial charge on any atom is 0.469 e. The molecular weight excluding hydrogens is 767 g/mol. The van der Waals surface area contributed by atoms with Crippen LogP contribution in [0.15, 0.2) is 36.5 Å². The van der Waals surface area contributed by atoms with Crippen LogP contribution in [0.1, 0.15) is 207 Å². The SMILES string of the molecule is CCCCC[C@H](O)/C=C/[C@H]1C(=O)C=C[C@@H]1C/C=C\CCCC(=O)OC[C@H](COP(=O)(O)O)OC(=O)CCCCCCCCCCCCCCCCCCCCC(C)CC. The first-order valence-electron chi connectivity index (χ1n) is 23.7. The van der Waals surface area contributed by atoms with Gasteiger partial charge in [-0.1, -0.05) is 192 Å². The number of phosphoric ester groups is 1. The number of aliphatic hydroxyl groups excluding tert-OH is 1. The van der Waals surface area contributed by atoms with Crippen molar-refractivity contribution < 1.29 is 47.8 Å². The minimum Gasteiger partial charge on any atom is -0.462 e. The molecule has 11 heteroatoms. The third-order valence-electron chi connectivity index (χ3n) is 11.4. The van der Waals surface area contributed by atoms with Crippen molar-refractivity contribution in [1.29, 1.82) is 0 Å². The van der Waals surface area contributed by atoms with Crippen molar-refractivity contribution in [2.24, 2.45) is 17.8 Å². The first-order valence-corrected chi connectivity index (χ1v) is 25.3. The number of allylic oxidation sites excluding steroid dienone is 5. The van der Waals surface area contributed by atoms with E-state index in [-0.39, 0.29) is 37.1 Å². The number of rotatable bonds is 40. The molecule has 5 atom stereocenters. The Hall–Kier alpha value is -2.10. The Kier molecular flexibility index (Phi) is 34.0. The topological polar surface area (TPSA) is 157 Å². The fourth-order valence-electron chi connectivity index (χ4n) is 7.40. The highest BCUT2D eigenvalue weighted by Gasteiger charge is 2.27. The third kappa shape index (κ3) is 33.2. The lowest BCUT2D eigenvalue weighted by Crippen LogP contribution is -2.29. The van der Waals surface area contributed by atoms with E-state index < -0.39 is 38.6 Å². The van der Waals surface area contributed by atoms with E-state index in [0.29, 0.717) is 32.1 Å². The first kappa shape index (κ1) is 54.9. The molecule has 1 unspecified atom stereocenters. The van der Waals surface area contributed by atoms with Crippen molar-refractivity contribution in [1.82, 2.24) is 0 Å². The fourth-order valence-corrected chi connectivity index (χ4v) is 7.76. The summed E-state index contributed by atoms with van der Waals surface area (Å²) in [6.07, 6.45) is 40.6. The van der Waals surface area contributed by atoms with Crippen LogP contribution in [0.5, 0.6) is 0 Å². The van der Waals surface area contributed by atoms with Gasteiger partial charge in [0.1, 0.15) is 6.61 Å². The molecule has 0 aromatic rings. The van der Waals surface area contributed by atoms with Crippen LogP contribution in [0.3, 0.4) is 0 Å². The molecule has 0 heterocycles. The molecule has 1 aliphatic carbocycles. The number of ketones is 1. The molecule has 0 fully saturated rings. The molecule has 0 radical (unpaired) electrons. The Morgan fingerprint density at radius 3 is 1.83 bits per heavy atom. The highest BCUT2D eigenvalue weighted by Crippen LogP contribution is 2.36. The summed E-state index contributed by atoms with van der Waals surface area (Å²) in [5.74, 6) is -0.346. The lowest BCUT2D eigenvalue weighted by molar-refractivity contribution is -0.161. The monoisotopic (exact) mass is 853 g/mol. The second-order valence-electron chi connectivity index (χ2n) is 17.0. The molecule has 3 N–H and O–H groups in total. The molecule has 0 amide bonds. The van der Waals surface area contributed by atoms with Crippen molar-refractivity contribution in [2.45, 2.75) is 219 Å². The van der Waals surface area contributed by atoms with Gasteiger partial charge in [0, 0.05) is 18.8 Å². The van der Waals surface area contributed by atoms with Crippen LogP contribution in [-0.2, 0) is 32.9 Å². The van der Waals surface area contributed by atoms with E-state index in [2.05, 4.69) is 25.3 Å². The number of aliphatic hydroxyl groups is 1. The van der Waals surface area contributed by atoms with E-state index in [1.165, 1.54) is 103 Å². The second-order valence-corrected chi connectivity index (χ2v) is 18.2. The predicted molar refractivity (Wildman–Crippen MR) is 239 cm³/mol. The molecular formula is C48H85O10P. The molecule has 59 heavy (non-hydrogen) atoms. The van der Waals surface area contributed by atoms with Crippen molar-refractivity contribution >= 4 is 25.5 Å². The molecule has 0 aromatic heterocycles. The number of esters is 2. The molecule has 10 nitrogen and oxygen atoms in total. The van der Waals surface area contributed by atoms with Gasteiger partial charge in [0.25, 0.3) is 0 Å². The summed E-state index contributed by atoms with van der Waals surface area (Å²) >= 11 is 0. The maximum atomic E-state index is 12.5. The fraction of sp³-hybridized carbons (Fsp3) is 0.812. The summed E-state index contributed by atoms with van der Waals surface area (Å²) in [5.41, 5.74) is 0. The minimum atomic E-state index is -4.81. The lowest BCUT2D eigenvalue weighted by Gasteiger charge is -2.18. The molecule has 0 bridgehead atoms. The van der Waals surface area contributed by atoms with Crippen LogP contribution in [-0.4, -0.2) is 58.0 Å². The van der Waals surface area contributed by atoms with Crippen LogP contribution in [0.25, 0.3) is 0 Å². The van der Waals surface area contributed by atoms with Crippen LogP contribution < -0.4 is 0 Å². The van der Waals surface area contributed by atoms with Gasteiger partial charge in [-0.25, -0.2) is 4.57 Å². The van der Waals surface area contributed by atoms with Crippen molar-refractivity contribution in [2.75, 3.05) is 13.2 Å². The Morgan fingerprint density at radius 1 is 0.729 bits per heavy atom. The molecule has 1 aliphatic rings. The first-order chi connectivity index (χ1) is 28.4. The largest absolute Gasteiger partial charge is 0.469 e. The molecule has 0 aromatic carbocycles. The molecule has 0 saturated carbocycles. The summed E-state index contributed by atoms with van der Waals surface area (Å²) < 4.78 is 26.5. The minimum absolute atomic E-state index is 0.0285. The van der Waals surface area contributed by atoms with Crippen LogP contribution in [0.2, 0.25) is 0 Å². The number of hydrogen-bond donors (Lipinski definition) is 3. The van der Waals surface area contributed by atoms with E-state index in [4.69, 9.17) is 19.3 Å². The summed E-state index contributed by atoms with van der Waals surface area (Å²) in [7, 11) is -4.81. The third-order valence-corrected chi connectivity index (χ3v) is 11.9. The molecule has 342 valence electrons. The maximum absolute atomic E-state index is 12.5. The molecule has 1 rings (SSSR count). The number of hydrogen-bond acceptors (Lipinski definition) is 8. The van der Waals surface area contributed by atoms with Crippen LogP contribution in [0.4, 0.5) is 0 Å². The van der Waals surface area contributed by atoms with Gasteiger partial charge < -0.3 is 24.4 Å². The number of ether oxygens (including phenoxy) is 2. The Balaban J connectivity index is 2.15. The van der Waals surface area contributed by atoms with Crippen molar-refractivity contribution in [3.05, 3.63) is 36.5 Å². The second kappa shape index (κ2) is 36.5. The standard InChI is InChI=1S/C48H85O10P/c1-4-6-25-32-43(49)36-37-45-42(35-38-46(45)50)31-27-23-24-28-33-47(51)56-39-44(40-57-59(53,54)55)58-48(52)34-29-22-20-18-16-14-12-10-8-7-9-11-13-15-17-19-21-26-30-41(3)5-2/h23,27,35-38,41-45,49H,4-22,24-26,28-34,39-40H2,1-3H3,(H2,53,54,55)/b27-23-,37-36+/t41?,42-,43-,44+,45+/m0/s1. The van der Waals surface area contributed by atoms with E-state index in [0.717, 1.165) is 44.4 Å². The highest BCUT2D eigenvalue weighted by molar-refractivity contribution is 7.46. The van der Waals surface area contributed by atoms with Crippen molar-refractivity contribution in [3.63, 3.8) is 0 Å². The smallest absolute Gasteiger partial charge is 0.462 e. The van der Waals surface area contributed by atoms with Gasteiger partial charge in [-0.2, -0.15) is 0 Å². The number of carbonyl (C=O) groups is 3. The number of unbranched alkanes of at least 4 members (excludes halogenated alkanes) is 20. The average molecular weight is 853 g/mol. The van der Waals surface area contributed by atoms with Crippen molar-refractivity contribution in [3.8, 4) is 0 Å². The van der Waals surface area contributed by atoms with Gasteiger partial charge in [0.2, 0.25) is 0 Å². The Morgan fingerprint density at radius 2 is 1.27 bits per heavy atom.